The van der Waals surface area contributed by atoms with Crippen molar-refractivity contribution in [3.05, 3.63) is 88.7 Å². The van der Waals surface area contributed by atoms with Crippen molar-refractivity contribution >= 4 is 54.0 Å². The molecular formula is C35H41FN2O6S2. The highest BCUT2D eigenvalue weighted by Gasteiger charge is 2.31. The number of aryl methyl sites for hydroxylation is 1. The maximum Gasteiger partial charge on any atom is 0.338 e. The second-order valence-electron chi connectivity index (χ2n) is 10.8. The average Bonchev–Trinajstić information content (AvgIpc) is 3.85. The Morgan fingerprint density at radius 1 is 1.02 bits per heavy atom. The second kappa shape index (κ2) is 16.9. The zero-order valence-corrected chi connectivity index (χ0v) is 28.2. The lowest BCUT2D eigenvalue weighted by atomic mass is 10.0. The maximum absolute atomic E-state index is 13.6. The molecule has 1 heterocycles. The van der Waals surface area contributed by atoms with Crippen molar-refractivity contribution in [2.24, 2.45) is 0 Å². The fraction of sp³-hybridized carbons (Fsp3) is 0.371. The van der Waals surface area contributed by atoms with E-state index in [0.29, 0.717) is 66.9 Å². The molecular weight excluding hydrogens is 628 g/mol. The Balaban J connectivity index is 0.00000480. The van der Waals surface area contributed by atoms with Crippen molar-refractivity contribution in [2.45, 2.75) is 31.6 Å². The van der Waals surface area contributed by atoms with Crippen molar-refractivity contribution in [3.63, 3.8) is 0 Å². The van der Waals surface area contributed by atoms with Gasteiger partial charge >= 0.3 is 5.97 Å². The van der Waals surface area contributed by atoms with Gasteiger partial charge in [0, 0.05) is 36.9 Å². The molecule has 1 aromatic heterocycles. The minimum absolute atomic E-state index is 0. The topological polar surface area (TPSA) is 90.2 Å². The van der Waals surface area contributed by atoms with E-state index in [-0.39, 0.29) is 31.2 Å². The molecule has 0 spiro atoms. The summed E-state index contributed by atoms with van der Waals surface area (Å²) in [5.41, 5.74) is 5.49. The molecule has 1 amide bonds. The van der Waals surface area contributed by atoms with E-state index in [1.54, 1.807) is 37.2 Å². The van der Waals surface area contributed by atoms with Gasteiger partial charge in [-0.1, -0.05) is 30.1 Å². The van der Waals surface area contributed by atoms with Crippen LogP contribution >= 0.6 is 25.4 Å². The summed E-state index contributed by atoms with van der Waals surface area (Å²) in [4.78, 5) is 25.0. The summed E-state index contributed by atoms with van der Waals surface area (Å²) < 4.78 is 38.7. The van der Waals surface area contributed by atoms with Crippen LogP contribution in [-0.2, 0) is 20.6 Å². The zero-order chi connectivity index (χ0) is 31.8. The molecule has 4 aromatic rings. The van der Waals surface area contributed by atoms with Gasteiger partial charge in [0.1, 0.15) is 17.2 Å². The highest BCUT2D eigenvalue weighted by molar-refractivity contribution is 7.99. The van der Waals surface area contributed by atoms with Crippen LogP contribution in [0.1, 0.15) is 57.0 Å². The number of ether oxygens (including phenoxy) is 3. The summed E-state index contributed by atoms with van der Waals surface area (Å²) in [7, 11) is 2.99. The number of carbonyl (C=O) groups is 2. The quantitative estimate of drug-likeness (QED) is 0.0767. The van der Waals surface area contributed by atoms with Crippen LogP contribution in [0.15, 0.2) is 65.1 Å². The number of carbonyl (C=O) groups excluding carboxylic acids is 2. The van der Waals surface area contributed by atoms with Gasteiger partial charge in [-0.25, -0.2) is 9.18 Å². The van der Waals surface area contributed by atoms with Crippen molar-refractivity contribution in [1.82, 2.24) is 5.32 Å². The molecule has 8 nitrogen and oxygen atoms in total. The molecule has 5 rings (SSSR count). The molecule has 0 aliphatic heterocycles. The first-order valence-corrected chi connectivity index (χ1v) is 16.3. The number of methoxy groups -OCH3 is 1. The Hall–Kier alpha value is -3.51. The standard InChI is InChI=1S/C35H39FN2O6S.H2S/c1-37-34(39)32-29-21-28(24-10-11-24)30(22-31(29)44-33(32)25-12-14-26(36)15-13-25)38(45-3)16-18-43-20-19-42-17-6-8-23-7-4-5-9-27(23)35(40)41-2;/h4-5,7,9,12-15,21-22,24H,6,8,10-11,16-20H2,1-3H3,(H,37,39);1H2. The predicted molar refractivity (Wildman–Crippen MR) is 186 cm³/mol. The summed E-state index contributed by atoms with van der Waals surface area (Å²) in [5.74, 6) is -0.0656. The number of anilines is 1. The van der Waals surface area contributed by atoms with Gasteiger partial charge in [-0.05, 0) is 79.1 Å². The van der Waals surface area contributed by atoms with Crippen LogP contribution in [0.3, 0.4) is 0 Å². The van der Waals surface area contributed by atoms with Crippen LogP contribution in [0.2, 0.25) is 0 Å². The summed E-state index contributed by atoms with van der Waals surface area (Å²) >= 11 is 1.61. The van der Waals surface area contributed by atoms with Gasteiger partial charge in [0.25, 0.3) is 5.91 Å². The number of nitrogens with zero attached hydrogens (tertiary/aromatic N) is 1. The lowest BCUT2D eigenvalue weighted by Crippen LogP contribution is -2.22. The summed E-state index contributed by atoms with van der Waals surface area (Å²) in [6, 6.07) is 17.6. The molecule has 1 fully saturated rings. The molecule has 11 heteroatoms. The van der Waals surface area contributed by atoms with Crippen molar-refractivity contribution in [2.75, 3.05) is 57.7 Å². The first-order chi connectivity index (χ1) is 21.9. The number of halogens is 1. The average molecular weight is 669 g/mol. The maximum atomic E-state index is 13.6. The normalized spacial score (nSPS) is 12.5. The highest BCUT2D eigenvalue weighted by Crippen LogP contribution is 2.48. The molecule has 0 radical (unpaired) electrons. The minimum Gasteiger partial charge on any atom is -0.465 e. The number of fused-ring (bicyclic) bond motifs is 1. The van der Waals surface area contributed by atoms with Gasteiger partial charge in [-0.15, -0.1) is 0 Å². The first kappa shape index (κ1) is 35.3. The van der Waals surface area contributed by atoms with Crippen LogP contribution in [0.25, 0.3) is 22.3 Å². The molecule has 0 atom stereocenters. The van der Waals surface area contributed by atoms with E-state index >= 15 is 0 Å². The molecule has 46 heavy (non-hydrogen) atoms. The number of rotatable bonds is 16. The van der Waals surface area contributed by atoms with Crippen LogP contribution in [0, 0.1) is 5.82 Å². The van der Waals surface area contributed by atoms with Gasteiger partial charge in [0.15, 0.2) is 0 Å². The van der Waals surface area contributed by atoms with E-state index in [4.69, 9.17) is 18.6 Å². The molecule has 0 saturated heterocycles. The third-order valence-electron chi connectivity index (χ3n) is 7.87. The van der Waals surface area contributed by atoms with Crippen LogP contribution < -0.4 is 9.62 Å². The lowest BCUT2D eigenvalue weighted by molar-refractivity contribution is 0.0501. The fourth-order valence-corrected chi connectivity index (χ4v) is 6.04. The molecule has 0 unspecified atom stereocenters. The van der Waals surface area contributed by atoms with Crippen LogP contribution in [-0.4, -0.2) is 65.3 Å². The number of nitrogens with one attached hydrogen (secondary N) is 1. The van der Waals surface area contributed by atoms with Crippen molar-refractivity contribution in [1.29, 1.82) is 0 Å². The van der Waals surface area contributed by atoms with E-state index in [0.717, 1.165) is 42.3 Å². The Morgan fingerprint density at radius 3 is 2.41 bits per heavy atom. The van der Waals surface area contributed by atoms with E-state index in [2.05, 4.69) is 15.7 Å². The molecule has 1 N–H and O–H groups in total. The van der Waals surface area contributed by atoms with Gasteiger partial charge in [0.2, 0.25) is 0 Å². The Bertz CT molecular complexity index is 1620. The van der Waals surface area contributed by atoms with E-state index in [1.165, 1.54) is 24.8 Å². The lowest BCUT2D eigenvalue weighted by Gasteiger charge is -2.24. The summed E-state index contributed by atoms with van der Waals surface area (Å²) in [6.45, 7) is 2.70. The highest BCUT2D eigenvalue weighted by atomic mass is 32.2. The number of hydrogen-bond acceptors (Lipinski definition) is 8. The summed E-state index contributed by atoms with van der Waals surface area (Å²) in [5, 5.41) is 3.49. The van der Waals surface area contributed by atoms with Gasteiger partial charge in [-0.2, -0.15) is 13.5 Å². The van der Waals surface area contributed by atoms with E-state index in [1.807, 2.05) is 30.5 Å². The monoisotopic (exact) mass is 668 g/mol. The smallest absolute Gasteiger partial charge is 0.338 e. The number of esters is 1. The molecule has 0 bridgehead atoms. The third-order valence-corrected chi connectivity index (χ3v) is 8.69. The van der Waals surface area contributed by atoms with Gasteiger partial charge < -0.3 is 28.2 Å². The van der Waals surface area contributed by atoms with Crippen LogP contribution in [0.4, 0.5) is 10.1 Å². The Kier molecular flexibility index (Phi) is 13.0. The number of furan rings is 1. The number of benzene rings is 3. The van der Waals surface area contributed by atoms with Crippen molar-refractivity contribution in [3.8, 4) is 11.3 Å². The zero-order valence-electron chi connectivity index (χ0n) is 26.4. The Morgan fingerprint density at radius 2 is 1.74 bits per heavy atom. The van der Waals surface area contributed by atoms with E-state index in [9.17, 15) is 14.0 Å². The fourth-order valence-electron chi connectivity index (χ4n) is 5.43. The predicted octanol–water partition coefficient (Wildman–Crippen LogP) is 7.13. The Labute approximate surface area is 280 Å². The van der Waals surface area contributed by atoms with Gasteiger partial charge in [0.05, 0.1) is 50.3 Å². The molecule has 3 aromatic carbocycles. The number of amides is 1. The molecule has 1 saturated carbocycles. The van der Waals surface area contributed by atoms with Gasteiger partial charge in [-0.3, -0.25) is 4.79 Å². The third kappa shape index (κ3) is 8.44. The van der Waals surface area contributed by atoms with Crippen LogP contribution in [0.5, 0.6) is 0 Å². The summed E-state index contributed by atoms with van der Waals surface area (Å²) in [6.07, 6.45) is 5.75. The first-order valence-electron chi connectivity index (χ1n) is 15.2. The largest absolute Gasteiger partial charge is 0.465 e. The SMILES string of the molecule is CNC(=O)c1c(-c2ccc(F)cc2)oc2cc(N(CCOCCOCCCc3ccccc3C(=O)OC)SC)c(C3CC3)cc12.S. The number of hydrogen-bond donors (Lipinski definition) is 1. The van der Waals surface area contributed by atoms with E-state index < -0.39 is 0 Å². The minimum atomic E-state index is -0.349. The van der Waals surface area contributed by atoms with Crippen molar-refractivity contribution < 1.29 is 32.6 Å². The molecule has 246 valence electrons. The molecule has 1 aliphatic carbocycles. The second-order valence-corrected chi connectivity index (χ2v) is 11.6. The molecule has 1 aliphatic rings.